The van der Waals surface area contributed by atoms with Crippen molar-refractivity contribution >= 4 is 43.0 Å². The van der Waals surface area contributed by atoms with Crippen molar-refractivity contribution in [3.8, 4) is 0 Å². The number of carbonyl (C=O) groups excluding carboxylic acids is 1. The molecule has 0 aliphatic heterocycles. The van der Waals surface area contributed by atoms with Gasteiger partial charge in [0.25, 0.3) is 15.9 Å². The Kier molecular flexibility index (Phi) is 6.27. The highest BCUT2D eigenvalue weighted by atomic mass is 32.2. The summed E-state index contributed by atoms with van der Waals surface area (Å²) in [6, 6.07) is 13.3. The van der Waals surface area contributed by atoms with Crippen molar-refractivity contribution in [2.75, 3.05) is 21.0 Å². The number of rotatable bonds is 7. The van der Waals surface area contributed by atoms with Crippen molar-refractivity contribution < 1.29 is 21.6 Å². The van der Waals surface area contributed by atoms with Crippen molar-refractivity contribution in [2.24, 2.45) is 0 Å². The second kappa shape index (κ2) is 8.74. The van der Waals surface area contributed by atoms with Gasteiger partial charge in [0.15, 0.2) is 0 Å². The lowest BCUT2D eigenvalue weighted by Gasteiger charge is -2.12. The first-order chi connectivity index (χ1) is 14.5. The van der Waals surface area contributed by atoms with Gasteiger partial charge in [0, 0.05) is 23.6 Å². The smallest absolute Gasteiger partial charge is 0.261 e. The zero-order valence-corrected chi connectivity index (χ0v) is 18.3. The molecule has 0 radical (unpaired) electrons. The fourth-order valence-corrected chi connectivity index (χ4v) is 4.31. The van der Waals surface area contributed by atoms with Gasteiger partial charge in [0.05, 0.1) is 22.5 Å². The molecule has 0 bridgehead atoms. The number of nitrogens with one attached hydrogen (secondary N) is 3. The van der Waals surface area contributed by atoms with E-state index in [1.54, 1.807) is 19.1 Å². The van der Waals surface area contributed by atoms with Gasteiger partial charge in [-0.05, 0) is 61.0 Å². The Morgan fingerprint density at radius 3 is 2.10 bits per heavy atom. The van der Waals surface area contributed by atoms with Crippen LogP contribution < -0.4 is 14.8 Å². The second-order valence-electron chi connectivity index (χ2n) is 6.72. The summed E-state index contributed by atoms with van der Waals surface area (Å²) < 4.78 is 52.7. The Bertz CT molecular complexity index is 1310. The van der Waals surface area contributed by atoms with Crippen LogP contribution in [0.4, 0.5) is 17.1 Å². The summed E-state index contributed by atoms with van der Waals surface area (Å²) in [4.78, 5) is 16.3. The van der Waals surface area contributed by atoms with Gasteiger partial charge in [-0.3, -0.25) is 19.2 Å². The summed E-state index contributed by atoms with van der Waals surface area (Å²) in [5.41, 5.74) is 2.04. The molecule has 0 saturated carbocycles. The lowest BCUT2D eigenvalue weighted by atomic mass is 10.1. The van der Waals surface area contributed by atoms with Crippen LogP contribution in [-0.4, -0.2) is 34.0 Å². The molecule has 0 atom stereocenters. The van der Waals surface area contributed by atoms with E-state index in [1.807, 2.05) is 0 Å². The number of carbonyl (C=O) groups is 1. The number of anilines is 3. The molecule has 9 nitrogen and oxygen atoms in total. The molecule has 1 aromatic heterocycles. The highest BCUT2D eigenvalue weighted by molar-refractivity contribution is 7.92. The van der Waals surface area contributed by atoms with Crippen LogP contribution in [0.1, 0.15) is 15.9 Å². The zero-order valence-electron chi connectivity index (χ0n) is 16.7. The van der Waals surface area contributed by atoms with E-state index in [0.29, 0.717) is 22.6 Å². The predicted molar refractivity (Wildman–Crippen MR) is 119 cm³/mol. The van der Waals surface area contributed by atoms with E-state index in [9.17, 15) is 21.6 Å². The molecule has 0 aliphatic rings. The summed E-state index contributed by atoms with van der Waals surface area (Å²) in [7, 11) is -7.28. The normalized spacial score (nSPS) is 11.5. The van der Waals surface area contributed by atoms with Crippen LogP contribution in [0.15, 0.2) is 71.9 Å². The molecule has 3 N–H and O–H groups in total. The van der Waals surface area contributed by atoms with E-state index in [0.717, 1.165) is 6.26 Å². The lowest BCUT2D eigenvalue weighted by Crippen LogP contribution is -2.15. The molecule has 3 aromatic rings. The summed E-state index contributed by atoms with van der Waals surface area (Å²) in [5, 5.41) is 2.66. The molecule has 11 heteroatoms. The molecule has 31 heavy (non-hydrogen) atoms. The molecule has 0 saturated heterocycles. The molecule has 0 spiro atoms. The summed E-state index contributed by atoms with van der Waals surface area (Å²) >= 11 is 0. The van der Waals surface area contributed by atoms with Gasteiger partial charge in [-0.15, -0.1) is 0 Å². The lowest BCUT2D eigenvalue weighted by molar-refractivity contribution is 0.102. The predicted octanol–water partition coefficient (Wildman–Crippen LogP) is 2.81. The van der Waals surface area contributed by atoms with Crippen molar-refractivity contribution in [1.29, 1.82) is 0 Å². The van der Waals surface area contributed by atoms with Crippen molar-refractivity contribution in [3.05, 3.63) is 78.1 Å². The van der Waals surface area contributed by atoms with Crippen LogP contribution in [0, 0.1) is 6.92 Å². The summed E-state index contributed by atoms with van der Waals surface area (Å²) in [6.45, 7) is 1.73. The maximum absolute atomic E-state index is 12.5. The van der Waals surface area contributed by atoms with Gasteiger partial charge in [-0.1, -0.05) is 6.07 Å². The largest absolute Gasteiger partial charge is 0.322 e. The SMILES string of the molecule is Cc1ccc(NC(=O)c2ccc(S(=O)(=O)Nc3ccncc3)cc2)cc1NS(C)(=O)=O. The van der Waals surface area contributed by atoms with E-state index in [4.69, 9.17) is 0 Å². The van der Waals surface area contributed by atoms with Crippen molar-refractivity contribution in [2.45, 2.75) is 11.8 Å². The van der Waals surface area contributed by atoms with Gasteiger partial charge in [-0.2, -0.15) is 0 Å². The number of hydrogen-bond acceptors (Lipinski definition) is 6. The third-order valence-corrected chi connectivity index (χ3v) is 6.14. The highest BCUT2D eigenvalue weighted by Gasteiger charge is 2.16. The number of benzene rings is 2. The topological polar surface area (TPSA) is 134 Å². The van der Waals surface area contributed by atoms with Crippen LogP contribution in [0.5, 0.6) is 0 Å². The maximum Gasteiger partial charge on any atom is 0.261 e. The van der Waals surface area contributed by atoms with Gasteiger partial charge < -0.3 is 5.32 Å². The number of sulfonamides is 2. The molecule has 0 aliphatic carbocycles. The number of amides is 1. The Morgan fingerprint density at radius 1 is 0.839 bits per heavy atom. The first kappa shape index (κ1) is 22.2. The molecular weight excluding hydrogens is 440 g/mol. The van der Waals surface area contributed by atoms with Crippen LogP contribution in [0.2, 0.25) is 0 Å². The quantitative estimate of drug-likeness (QED) is 0.496. The monoisotopic (exact) mass is 460 g/mol. The van der Waals surface area contributed by atoms with E-state index < -0.39 is 26.0 Å². The highest BCUT2D eigenvalue weighted by Crippen LogP contribution is 2.22. The molecule has 0 unspecified atom stereocenters. The first-order valence-corrected chi connectivity index (χ1v) is 12.3. The molecule has 1 heterocycles. The standard InChI is InChI=1S/C20H20N4O5S2/c1-14-3-6-17(13-19(14)24-30(2,26)27)22-20(25)15-4-7-18(8-5-15)31(28,29)23-16-9-11-21-12-10-16/h3-13,24H,1-2H3,(H,21,23)(H,22,25). The fraction of sp³-hybridized carbons (Fsp3) is 0.100. The fourth-order valence-electron chi connectivity index (χ4n) is 2.63. The molecule has 162 valence electrons. The number of hydrogen-bond donors (Lipinski definition) is 3. The Labute approximate surface area is 180 Å². The van der Waals surface area contributed by atoms with E-state index in [1.165, 1.54) is 54.9 Å². The molecule has 0 fully saturated rings. The molecule has 3 rings (SSSR count). The number of pyridine rings is 1. The van der Waals surface area contributed by atoms with Crippen LogP contribution in [0.25, 0.3) is 0 Å². The van der Waals surface area contributed by atoms with Gasteiger partial charge in [0.1, 0.15) is 0 Å². The second-order valence-corrected chi connectivity index (χ2v) is 10.2. The third kappa shape index (κ3) is 6.03. The third-order valence-electron chi connectivity index (χ3n) is 4.15. The summed E-state index contributed by atoms with van der Waals surface area (Å²) in [6.07, 6.45) is 3.97. The minimum Gasteiger partial charge on any atom is -0.322 e. The average molecular weight is 461 g/mol. The Balaban J connectivity index is 1.74. The maximum atomic E-state index is 12.5. The van der Waals surface area contributed by atoms with Crippen molar-refractivity contribution in [3.63, 3.8) is 0 Å². The van der Waals surface area contributed by atoms with Gasteiger partial charge >= 0.3 is 0 Å². The number of nitrogens with zero attached hydrogens (tertiary/aromatic N) is 1. The van der Waals surface area contributed by atoms with E-state index in [2.05, 4.69) is 19.7 Å². The van der Waals surface area contributed by atoms with Crippen molar-refractivity contribution in [1.82, 2.24) is 4.98 Å². The molecule has 1 amide bonds. The Morgan fingerprint density at radius 2 is 1.48 bits per heavy atom. The zero-order chi connectivity index (χ0) is 22.6. The first-order valence-electron chi connectivity index (χ1n) is 8.96. The minimum atomic E-state index is -3.82. The van der Waals surface area contributed by atoms with Gasteiger partial charge in [-0.25, -0.2) is 16.8 Å². The molecule has 2 aromatic carbocycles. The van der Waals surface area contributed by atoms with Crippen LogP contribution in [0.3, 0.4) is 0 Å². The average Bonchev–Trinajstić information content (AvgIpc) is 2.70. The number of aryl methyl sites for hydroxylation is 1. The van der Waals surface area contributed by atoms with Crippen LogP contribution >= 0.6 is 0 Å². The molecular formula is C20H20N4O5S2. The number of aromatic nitrogens is 1. The minimum absolute atomic E-state index is 0.00385. The van der Waals surface area contributed by atoms with E-state index in [-0.39, 0.29) is 10.5 Å². The summed E-state index contributed by atoms with van der Waals surface area (Å²) in [5.74, 6) is -0.472. The van der Waals surface area contributed by atoms with Gasteiger partial charge in [0.2, 0.25) is 10.0 Å². The Hall–Kier alpha value is -3.44. The van der Waals surface area contributed by atoms with Crippen LogP contribution in [-0.2, 0) is 20.0 Å². The van der Waals surface area contributed by atoms with E-state index >= 15 is 0 Å².